The van der Waals surface area contributed by atoms with Gasteiger partial charge in [0.1, 0.15) is 0 Å². The molecule has 0 saturated carbocycles. The zero-order valence-electron chi connectivity index (χ0n) is 7.38. The molecule has 0 radical (unpaired) electrons. The van der Waals surface area contributed by atoms with E-state index in [1.165, 1.54) is 0 Å². The van der Waals surface area contributed by atoms with Crippen molar-refractivity contribution in [2.75, 3.05) is 26.4 Å². The van der Waals surface area contributed by atoms with Crippen molar-refractivity contribution in [3.05, 3.63) is 0 Å². The summed E-state index contributed by atoms with van der Waals surface area (Å²) in [5, 5.41) is 12.3. The highest BCUT2D eigenvalue weighted by Crippen LogP contribution is 2.38. The van der Waals surface area contributed by atoms with Crippen LogP contribution in [0.3, 0.4) is 0 Å². The molecule has 1 unspecified atom stereocenters. The molecule has 0 amide bonds. The molecule has 0 aromatic rings. The van der Waals surface area contributed by atoms with Crippen LogP contribution in [0.5, 0.6) is 0 Å². The van der Waals surface area contributed by atoms with E-state index in [0.29, 0.717) is 11.5 Å². The van der Waals surface area contributed by atoms with Gasteiger partial charge in [0.15, 0.2) is 0 Å². The summed E-state index contributed by atoms with van der Waals surface area (Å²) in [6.07, 6.45) is 3.46. The lowest BCUT2D eigenvalue weighted by atomic mass is 9.78. The first-order chi connectivity index (χ1) is 5.85. The fraction of sp³-hybridized carbons (Fsp3) is 1.00. The molecule has 3 nitrogen and oxygen atoms in total. The number of nitrogens with one attached hydrogen (secondary N) is 1. The average molecular weight is 171 g/mol. The van der Waals surface area contributed by atoms with Gasteiger partial charge in [-0.25, -0.2) is 0 Å². The Hall–Kier alpha value is -0.120. The molecular weight excluding hydrogens is 154 g/mol. The smallest absolute Gasteiger partial charge is 0.0584 e. The van der Waals surface area contributed by atoms with Crippen LogP contribution >= 0.6 is 0 Å². The van der Waals surface area contributed by atoms with Crippen LogP contribution in [0, 0.1) is 5.41 Å². The predicted octanol–water partition coefficient (Wildman–Crippen LogP) is 0.137. The molecule has 2 N–H and O–H groups in total. The van der Waals surface area contributed by atoms with Gasteiger partial charge in [-0.05, 0) is 24.7 Å². The summed E-state index contributed by atoms with van der Waals surface area (Å²) in [5.41, 5.74) is 0.450. The summed E-state index contributed by atoms with van der Waals surface area (Å²) in [7, 11) is 0. The third kappa shape index (κ3) is 1.49. The largest absolute Gasteiger partial charge is 0.395 e. The maximum atomic E-state index is 8.99. The van der Waals surface area contributed by atoms with Crippen molar-refractivity contribution in [1.29, 1.82) is 0 Å². The third-order valence-electron chi connectivity index (χ3n) is 3.22. The highest BCUT2D eigenvalue weighted by molar-refractivity contribution is 4.94. The van der Waals surface area contributed by atoms with Crippen molar-refractivity contribution in [2.24, 2.45) is 5.41 Å². The van der Waals surface area contributed by atoms with Crippen molar-refractivity contribution < 1.29 is 9.84 Å². The van der Waals surface area contributed by atoms with Gasteiger partial charge in [-0.1, -0.05) is 0 Å². The number of hydrogen-bond donors (Lipinski definition) is 2. The summed E-state index contributed by atoms with van der Waals surface area (Å²) in [4.78, 5) is 0. The van der Waals surface area contributed by atoms with Crippen LogP contribution < -0.4 is 5.32 Å². The van der Waals surface area contributed by atoms with Crippen LogP contribution in [-0.2, 0) is 4.74 Å². The van der Waals surface area contributed by atoms with Gasteiger partial charge in [0.25, 0.3) is 0 Å². The average Bonchev–Trinajstić information content (AvgIpc) is 2.50. The number of aliphatic hydroxyl groups is 1. The molecular formula is C9H17NO2. The summed E-state index contributed by atoms with van der Waals surface area (Å²) >= 11 is 0. The van der Waals surface area contributed by atoms with Gasteiger partial charge in [0.05, 0.1) is 6.61 Å². The van der Waals surface area contributed by atoms with Gasteiger partial charge in [-0.15, -0.1) is 0 Å². The first-order valence-corrected chi connectivity index (χ1v) is 4.77. The number of rotatable bonds is 1. The van der Waals surface area contributed by atoms with E-state index in [1.807, 2.05) is 0 Å². The zero-order valence-corrected chi connectivity index (χ0v) is 7.38. The van der Waals surface area contributed by atoms with Crippen LogP contribution in [0.15, 0.2) is 0 Å². The van der Waals surface area contributed by atoms with Crippen LogP contribution in [0.25, 0.3) is 0 Å². The lowest BCUT2D eigenvalue weighted by molar-refractivity contribution is 0.0226. The molecule has 1 atom stereocenters. The van der Waals surface area contributed by atoms with Gasteiger partial charge in [-0.3, -0.25) is 0 Å². The lowest BCUT2D eigenvalue weighted by Gasteiger charge is -2.32. The van der Waals surface area contributed by atoms with E-state index >= 15 is 0 Å². The molecule has 2 aliphatic heterocycles. The Labute approximate surface area is 73.1 Å². The summed E-state index contributed by atoms with van der Waals surface area (Å²) in [6.45, 7) is 3.16. The first kappa shape index (κ1) is 8.48. The molecule has 0 bridgehead atoms. The van der Waals surface area contributed by atoms with E-state index < -0.39 is 0 Å². The Morgan fingerprint density at radius 1 is 1.42 bits per heavy atom. The van der Waals surface area contributed by atoms with E-state index in [2.05, 4.69) is 5.32 Å². The maximum absolute atomic E-state index is 8.99. The van der Waals surface area contributed by atoms with Crippen LogP contribution in [0.2, 0.25) is 0 Å². The van der Waals surface area contributed by atoms with Crippen molar-refractivity contribution >= 4 is 0 Å². The molecule has 2 fully saturated rings. The highest BCUT2D eigenvalue weighted by Gasteiger charge is 2.39. The Bertz CT molecular complexity index is 155. The number of aliphatic hydroxyl groups excluding tert-OH is 1. The minimum atomic E-state index is 0.280. The van der Waals surface area contributed by atoms with Crippen molar-refractivity contribution in [2.45, 2.75) is 25.3 Å². The van der Waals surface area contributed by atoms with Gasteiger partial charge < -0.3 is 15.2 Å². The molecule has 12 heavy (non-hydrogen) atoms. The quantitative estimate of drug-likeness (QED) is 0.589. The molecule has 0 aliphatic carbocycles. The highest BCUT2D eigenvalue weighted by atomic mass is 16.5. The second-order valence-electron chi connectivity index (χ2n) is 4.08. The minimum absolute atomic E-state index is 0.280. The molecule has 2 rings (SSSR count). The molecule has 2 saturated heterocycles. The fourth-order valence-corrected chi connectivity index (χ4v) is 2.34. The summed E-state index contributed by atoms with van der Waals surface area (Å²) < 4.78 is 5.33. The SMILES string of the molecule is OCC1CC2(CCOCC2)CN1. The minimum Gasteiger partial charge on any atom is -0.395 e. The summed E-state index contributed by atoms with van der Waals surface area (Å²) in [5.74, 6) is 0. The molecule has 0 aromatic carbocycles. The second kappa shape index (κ2) is 3.32. The normalized spacial score (nSPS) is 34.2. The summed E-state index contributed by atoms with van der Waals surface area (Å²) in [6, 6.07) is 0.336. The fourth-order valence-electron chi connectivity index (χ4n) is 2.34. The van der Waals surface area contributed by atoms with Gasteiger partial charge >= 0.3 is 0 Å². The Morgan fingerprint density at radius 2 is 2.17 bits per heavy atom. The maximum Gasteiger partial charge on any atom is 0.0584 e. The molecule has 2 heterocycles. The van der Waals surface area contributed by atoms with Crippen LogP contribution in [0.4, 0.5) is 0 Å². The monoisotopic (exact) mass is 171 g/mol. The van der Waals surface area contributed by atoms with E-state index in [0.717, 1.165) is 39.0 Å². The third-order valence-corrected chi connectivity index (χ3v) is 3.22. The predicted molar refractivity (Wildman–Crippen MR) is 46.0 cm³/mol. The van der Waals surface area contributed by atoms with Crippen molar-refractivity contribution in [3.8, 4) is 0 Å². The Morgan fingerprint density at radius 3 is 2.75 bits per heavy atom. The Kier molecular flexibility index (Phi) is 2.35. The van der Waals surface area contributed by atoms with Crippen LogP contribution in [0.1, 0.15) is 19.3 Å². The van der Waals surface area contributed by atoms with E-state index in [4.69, 9.17) is 9.84 Å². The number of hydrogen-bond acceptors (Lipinski definition) is 3. The second-order valence-corrected chi connectivity index (χ2v) is 4.08. The Balaban J connectivity index is 1.94. The molecule has 2 aliphatic rings. The van der Waals surface area contributed by atoms with Gasteiger partial charge in [0.2, 0.25) is 0 Å². The van der Waals surface area contributed by atoms with E-state index in [9.17, 15) is 0 Å². The number of ether oxygens (including phenoxy) is 1. The first-order valence-electron chi connectivity index (χ1n) is 4.77. The van der Waals surface area contributed by atoms with E-state index in [-0.39, 0.29) is 6.61 Å². The zero-order chi connectivity index (χ0) is 8.44. The van der Waals surface area contributed by atoms with Crippen molar-refractivity contribution in [3.63, 3.8) is 0 Å². The standard InChI is InChI=1S/C9H17NO2/c11-6-8-5-9(7-10-8)1-3-12-4-2-9/h8,10-11H,1-7H2. The topological polar surface area (TPSA) is 41.5 Å². The van der Waals surface area contributed by atoms with Gasteiger partial charge in [0, 0.05) is 25.8 Å². The van der Waals surface area contributed by atoms with Gasteiger partial charge in [-0.2, -0.15) is 0 Å². The molecule has 70 valence electrons. The molecule has 3 heteroatoms. The lowest BCUT2D eigenvalue weighted by Crippen LogP contribution is -2.31. The van der Waals surface area contributed by atoms with Crippen LogP contribution in [-0.4, -0.2) is 37.5 Å². The van der Waals surface area contributed by atoms with Crippen molar-refractivity contribution in [1.82, 2.24) is 5.32 Å². The molecule has 1 spiro atoms. The molecule has 0 aromatic heterocycles. The van der Waals surface area contributed by atoms with E-state index in [1.54, 1.807) is 0 Å².